The SMILES string of the molecule is C=CCN(CC=C)C(C)C(=O)Nc1ccc(N)cc1OC. The summed E-state index contributed by atoms with van der Waals surface area (Å²) in [5.74, 6) is 0.413. The van der Waals surface area contributed by atoms with E-state index in [1.807, 2.05) is 11.8 Å². The molecule has 0 saturated carbocycles. The van der Waals surface area contributed by atoms with Crippen LogP contribution in [0.25, 0.3) is 0 Å². The molecule has 3 N–H and O–H groups in total. The zero-order chi connectivity index (χ0) is 15.8. The number of anilines is 2. The van der Waals surface area contributed by atoms with Gasteiger partial charge in [0.25, 0.3) is 0 Å². The number of benzene rings is 1. The van der Waals surface area contributed by atoms with Gasteiger partial charge in [-0.1, -0.05) is 12.2 Å². The molecular formula is C16H23N3O2. The van der Waals surface area contributed by atoms with Crippen LogP contribution in [0.4, 0.5) is 11.4 Å². The van der Waals surface area contributed by atoms with Gasteiger partial charge in [-0.3, -0.25) is 9.69 Å². The van der Waals surface area contributed by atoms with Gasteiger partial charge in [0.05, 0.1) is 18.8 Å². The van der Waals surface area contributed by atoms with Crippen molar-refractivity contribution in [2.24, 2.45) is 0 Å². The Labute approximate surface area is 126 Å². The van der Waals surface area contributed by atoms with Gasteiger partial charge >= 0.3 is 0 Å². The zero-order valence-electron chi connectivity index (χ0n) is 12.6. The molecule has 0 bridgehead atoms. The van der Waals surface area contributed by atoms with E-state index in [2.05, 4.69) is 18.5 Å². The van der Waals surface area contributed by atoms with Crippen LogP contribution in [0.1, 0.15) is 6.92 Å². The lowest BCUT2D eigenvalue weighted by molar-refractivity contribution is -0.120. The summed E-state index contributed by atoms with van der Waals surface area (Å²) in [4.78, 5) is 14.3. The number of nitrogens with one attached hydrogen (secondary N) is 1. The van der Waals surface area contributed by atoms with Crippen LogP contribution in [0, 0.1) is 0 Å². The average Bonchev–Trinajstić information content (AvgIpc) is 2.47. The molecule has 21 heavy (non-hydrogen) atoms. The molecule has 0 aliphatic carbocycles. The molecule has 114 valence electrons. The largest absolute Gasteiger partial charge is 0.494 e. The molecule has 1 aromatic rings. The Hall–Kier alpha value is -2.27. The second kappa shape index (κ2) is 8.11. The Bertz CT molecular complexity index is 504. The van der Waals surface area contributed by atoms with Gasteiger partial charge in [-0.05, 0) is 19.1 Å². The molecule has 1 atom stereocenters. The van der Waals surface area contributed by atoms with E-state index in [1.54, 1.807) is 30.4 Å². The molecule has 5 heteroatoms. The summed E-state index contributed by atoms with van der Waals surface area (Å²) in [5.41, 5.74) is 6.88. The van der Waals surface area contributed by atoms with Crippen LogP contribution >= 0.6 is 0 Å². The molecule has 5 nitrogen and oxygen atoms in total. The fraction of sp³-hybridized carbons (Fsp3) is 0.312. The molecule has 0 saturated heterocycles. The quantitative estimate of drug-likeness (QED) is 0.569. The van der Waals surface area contributed by atoms with Crippen molar-refractivity contribution >= 4 is 17.3 Å². The van der Waals surface area contributed by atoms with Crippen molar-refractivity contribution in [2.45, 2.75) is 13.0 Å². The van der Waals surface area contributed by atoms with Crippen LogP contribution in [0.2, 0.25) is 0 Å². The number of hydrogen-bond acceptors (Lipinski definition) is 4. The van der Waals surface area contributed by atoms with E-state index in [1.165, 1.54) is 7.11 Å². The number of carbonyl (C=O) groups is 1. The van der Waals surface area contributed by atoms with E-state index >= 15 is 0 Å². The predicted molar refractivity (Wildman–Crippen MR) is 87.5 cm³/mol. The van der Waals surface area contributed by atoms with Crippen molar-refractivity contribution in [1.29, 1.82) is 0 Å². The highest BCUT2D eigenvalue weighted by Gasteiger charge is 2.20. The van der Waals surface area contributed by atoms with Gasteiger partial charge in [-0.25, -0.2) is 0 Å². The third-order valence-electron chi connectivity index (χ3n) is 3.14. The van der Waals surface area contributed by atoms with Crippen LogP contribution in [-0.4, -0.2) is 37.0 Å². The van der Waals surface area contributed by atoms with Gasteiger partial charge in [-0.2, -0.15) is 0 Å². The molecule has 0 aliphatic heterocycles. The number of nitrogens with two attached hydrogens (primary N) is 1. The molecule has 0 heterocycles. The lowest BCUT2D eigenvalue weighted by Gasteiger charge is -2.26. The van der Waals surface area contributed by atoms with E-state index < -0.39 is 0 Å². The van der Waals surface area contributed by atoms with Crippen molar-refractivity contribution in [3.05, 3.63) is 43.5 Å². The maximum Gasteiger partial charge on any atom is 0.241 e. The highest BCUT2D eigenvalue weighted by atomic mass is 16.5. The normalized spacial score (nSPS) is 11.8. The number of amides is 1. The van der Waals surface area contributed by atoms with Gasteiger partial charge in [0, 0.05) is 24.8 Å². The highest BCUT2D eigenvalue weighted by Crippen LogP contribution is 2.26. The highest BCUT2D eigenvalue weighted by molar-refractivity contribution is 5.96. The topological polar surface area (TPSA) is 67.6 Å². The number of carbonyl (C=O) groups excluding carboxylic acids is 1. The summed E-state index contributed by atoms with van der Waals surface area (Å²) in [7, 11) is 1.54. The van der Waals surface area contributed by atoms with Crippen molar-refractivity contribution in [3.8, 4) is 5.75 Å². The monoisotopic (exact) mass is 289 g/mol. The maximum atomic E-state index is 12.3. The standard InChI is InChI=1S/C16H23N3O2/c1-5-9-19(10-6-2)12(3)16(20)18-14-8-7-13(17)11-15(14)21-4/h5-8,11-12H,1-2,9-10,17H2,3-4H3,(H,18,20). The minimum absolute atomic E-state index is 0.123. The summed E-state index contributed by atoms with van der Waals surface area (Å²) in [6, 6.07) is 4.80. The number of nitrogen functional groups attached to an aromatic ring is 1. The van der Waals surface area contributed by atoms with Crippen molar-refractivity contribution in [2.75, 3.05) is 31.2 Å². The van der Waals surface area contributed by atoms with Crippen molar-refractivity contribution in [1.82, 2.24) is 4.90 Å². The van der Waals surface area contributed by atoms with Crippen molar-refractivity contribution in [3.63, 3.8) is 0 Å². The maximum absolute atomic E-state index is 12.3. The van der Waals surface area contributed by atoms with E-state index in [-0.39, 0.29) is 11.9 Å². The number of rotatable bonds is 8. The Morgan fingerprint density at radius 2 is 2.05 bits per heavy atom. The van der Waals surface area contributed by atoms with E-state index in [4.69, 9.17) is 10.5 Å². The molecule has 0 fully saturated rings. The van der Waals surface area contributed by atoms with Gasteiger partial charge < -0.3 is 15.8 Å². The van der Waals surface area contributed by atoms with Crippen LogP contribution in [0.15, 0.2) is 43.5 Å². The number of hydrogen-bond donors (Lipinski definition) is 2. The van der Waals surface area contributed by atoms with Gasteiger partial charge in [0.2, 0.25) is 5.91 Å². The Morgan fingerprint density at radius 1 is 1.43 bits per heavy atom. The molecule has 0 radical (unpaired) electrons. The number of methoxy groups -OCH3 is 1. The Morgan fingerprint density at radius 3 is 2.57 bits per heavy atom. The predicted octanol–water partition coefficient (Wildman–Crippen LogP) is 2.28. The van der Waals surface area contributed by atoms with Crippen LogP contribution < -0.4 is 15.8 Å². The first-order chi connectivity index (χ1) is 10.0. The smallest absolute Gasteiger partial charge is 0.241 e. The summed E-state index contributed by atoms with van der Waals surface area (Å²) in [5, 5.41) is 2.86. The summed E-state index contributed by atoms with van der Waals surface area (Å²) >= 11 is 0. The number of ether oxygens (including phenoxy) is 1. The van der Waals surface area contributed by atoms with Crippen LogP contribution in [-0.2, 0) is 4.79 Å². The number of nitrogens with zero attached hydrogens (tertiary/aromatic N) is 1. The molecule has 0 aliphatic rings. The first-order valence-electron chi connectivity index (χ1n) is 6.73. The van der Waals surface area contributed by atoms with E-state index in [0.29, 0.717) is 30.2 Å². The third-order valence-corrected chi connectivity index (χ3v) is 3.14. The minimum atomic E-state index is -0.316. The molecule has 1 aromatic carbocycles. The summed E-state index contributed by atoms with van der Waals surface area (Å²) in [6.45, 7) is 10.5. The summed E-state index contributed by atoms with van der Waals surface area (Å²) < 4.78 is 5.22. The fourth-order valence-corrected chi connectivity index (χ4v) is 1.94. The fourth-order valence-electron chi connectivity index (χ4n) is 1.94. The lowest BCUT2D eigenvalue weighted by atomic mass is 10.2. The Balaban J connectivity index is 2.84. The van der Waals surface area contributed by atoms with Crippen LogP contribution in [0.5, 0.6) is 5.75 Å². The minimum Gasteiger partial charge on any atom is -0.494 e. The van der Waals surface area contributed by atoms with Gasteiger partial charge in [-0.15, -0.1) is 13.2 Å². The second-order valence-corrected chi connectivity index (χ2v) is 4.66. The van der Waals surface area contributed by atoms with Gasteiger partial charge in [0.15, 0.2) is 0 Å². The first-order valence-corrected chi connectivity index (χ1v) is 6.73. The second-order valence-electron chi connectivity index (χ2n) is 4.66. The van der Waals surface area contributed by atoms with Crippen LogP contribution in [0.3, 0.4) is 0 Å². The van der Waals surface area contributed by atoms with Gasteiger partial charge in [0.1, 0.15) is 5.75 Å². The molecule has 0 aromatic heterocycles. The van der Waals surface area contributed by atoms with Crippen molar-refractivity contribution < 1.29 is 9.53 Å². The zero-order valence-corrected chi connectivity index (χ0v) is 12.6. The molecule has 1 amide bonds. The average molecular weight is 289 g/mol. The molecule has 1 unspecified atom stereocenters. The first kappa shape index (κ1) is 16.8. The molecular weight excluding hydrogens is 266 g/mol. The van der Waals surface area contributed by atoms with E-state index in [0.717, 1.165) is 0 Å². The summed E-state index contributed by atoms with van der Waals surface area (Å²) in [6.07, 6.45) is 3.52. The lowest BCUT2D eigenvalue weighted by Crippen LogP contribution is -2.42. The molecule has 0 spiro atoms. The third kappa shape index (κ3) is 4.65. The molecule has 1 rings (SSSR count). The van der Waals surface area contributed by atoms with E-state index in [9.17, 15) is 4.79 Å². The Kier molecular flexibility index (Phi) is 6.49.